The molecule has 1 aliphatic heterocycles. The molecular formula is C16H24ClN3O. The van der Waals surface area contributed by atoms with Gasteiger partial charge >= 0.3 is 0 Å². The second kappa shape index (κ2) is 7.25. The van der Waals surface area contributed by atoms with Crippen LogP contribution < -0.4 is 11.1 Å². The molecule has 1 aliphatic rings. The summed E-state index contributed by atoms with van der Waals surface area (Å²) >= 11 is 6.07. The van der Waals surface area contributed by atoms with E-state index in [0.29, 0.717) is 30.1 Å². The number of nitrogens with one attached hydrogen (secondary N) is 1. The van der Waals surface area contributed by atoms with Crippen LogP contribution in [0.2, 0.25) is 5.02 Å². The van der Waals surface area contributed by atoms with E-state index >= 15 is 0 Å². The van der Waals surface area contributed by atoms with Crippen molar-refractivity contribution in [3.8, 4) is 0 Å². The maximum Gasteiger partial charge on any atom is 0.238 e. The fourth-order valence-electron chi connectivity index (χ4n) is 2.73. The predicted octanol–water partition coefficient (Wildman–Crippen LogP) is 2.65. The molecule has 1 fully saturated rings. The molecule has 0 radical (unpaired) electrons. The molecule has 1 amide bonds. The third-order valence-electron chi connectivity index (χ3n) is 4.24. The van der Waals surface area contributed by atoms with E-state index in [4.69, 9.17) is 17.3 Å². The summed E-state index contributed by atoms with van der Waals surface area (Å²) in [5, 5.41) is 3.58. The van der Waals surface area contributed by atoms with Crippen molar-refractivity contribution in [3.05, 3.63) is 28.8 Å². The van der Waals surface area contributed by atoms with Crippen LogP contribution in [-0.4, -0.2) is 36.5 Å². The van der Waals surface area contributed by atoms with Gasteiger partial charge in [0.05, 0.1) is 6.54 Å². The number of benzene rings is 1. The Hall–Kier alpha value is -1.10. The Morgan fingerprint density at radius 3 is 2.90 bits per heavy atom. The minimum absolute atomic E-state index is 0.000517. The molecule has 3 N–H and O–H groups in total. The van der Waals surface area contributed by atoms with E-state index in [9.17, 15) is 4.79 Å². The van der Waals surface area contributed by atoms with Gasteiger partial charge in [-0.3, -0.25) is 9.69 Å². The summed E-state index contributed by atoms with van der Waals surface area (Å²) < 4.78 is 0. The molecule has 0 spiro atoms. The van der Waals surface area contributed by atoms with Gasteiger partial charge in [-0.05, 0) is 56.8 Å². The number of carbonyl (C=O) groups excluding carboxylic acids is 1. The van der Waals surface area contributed by atoms with Gasteiger partial charge in [-0.15, -0.1) is 0 Å². The van der Waals surface area contributed by atoms with E-state index in [2.05, 4.69) is 17.1 Å². The second-order valence-corrected chi connectivity index (χ2v) is 6.38. The number of halogens is 1. The summed E-state index contributed by atoms with van der Waals surface area (Å²) in [7, 11) is 0. The monoisotopic (exact) mass is 309 g/mol. The normalized spacial score (nSPS) is 23.0. The molecule has 1 aromatic carbocycles. The van der Waals surface area contributed by atoms with Crippen molar-refractivity contribution in [3.63, 3.8) is 0 Å². The average Bonchev–Trinajstić information content (AvgIpc) is 2.45. The standard InChI is InChI=1S/C16H24ClN3O/c1-11-3-6-14(7-15(11)17)19-16(21)10-20-9-13(8-18)5-4-12(20)2/h3,6-7,12-13H,4-5,8-10,18H2,1-2H3,(H,19,21). The molecular weight excluding hydrogens is 286 g/mol. The van der Waals surface area contributed by atoms with Crippen LogP contribution in [0.3, 0.4) is 0 Å². The van der Waals surface area contributed by atoms with Crippen LogP contribution in [0.25, 0.3) is 0 Å². The molecule has 0 saturated carbocycles. The van der Waals surface area contributed by atoms with Crippen molar-refractivity contribution < 1.29 is 4.79 Å². The minimum Gasteiger partial charge on any atom is -0.330 e. The van der Waals surface area contributed by atoms with Gasteiger partial charge < -0.3 is 11.1 Å². The summed E-state index contributed by atoms with van der Waals surface area (Å²) in [5.41, 5.74) is 7.50. The Morgan fingerprint density at radius 2 is 2.24 bits per heavy atom. The largest absolute Gasteiger partial charge is 0.330 e. The lowest BCUT2D eigenvalue weighted by atomic mass is 9.93. The Balaban J connectivity index is 1.92. The van der Waals surface area contributed by atoms with Crippen LogP contribution in [0, 0.1) is 12.8 Å². The predicted molar refractivity (Wildman–Crippen MR) is 87.6 cm³/mol. The van der Waals surface area contributed by atoms with E-state index < -0.39 is 0 Å². The van der Waals surface area contributed by atoms with Gasteiger partial charge in [0, 0.05) is 23.3 Å². The number of rotatable bonds is 4. The van der Waals surface area contributed by atoms with Crippen LogP contribution in [-0.2, 0) is 4.79 Å². The molecule has 1 aromatic rings. The fourth-order valence-corrected chi connectivity index (χ4v) is 2.91. The van der Waals surface area contributed by atoms with Crippen LogP contribution >= 0.6 is 11.6 Å². The first-order valence-corrected chi connectivity index (χ1v) is 7.87. The van der Waals surface area contributed by atoms with Gasteiger partial charge in [-0.2, -0.15) is 0 Å². The lowest BCUT2D eigenvalue weighted by Crippen LogP contribution is -2.47. The second-order valence-electron chi connectivity index (χ2n) is 5.97. The molecule has 0 bridgehead atoms. The molecule has 4 nitrogen and oxygen atoms in total. The van der Waals surface area contributed by atoms with Crippen LogP contribution in [0.4, 0.5) is 5.69 Å². The van der Waals surface area contributed by atoms with Crippen molar-refractivity contribution in [2.24, 2.45) is 11.7 Å². The zero-order valence-electron chi connectivity index (χ0n) is 12.7. The Kier molecular flexibility index (Phi) is 5.62. The van der Waals surface area contributed by atoms with Crippen molar-refractivity contribution >= 4 is 23.2 Å². The molecule has 0 aromatic heterocycles. The summed E-state index contributed by atoms with van der Waals surface area (Å²) in [5.74, 6) is 0.502. The van der Waals surface area contributed by atoms with E-state index in [1.54, 1.807) is 6.07 Å². The first kappa shape index (κ1) is 16.3. The molecule has 2 atom stereocenters. The lowest BCUT2D eigenvalue weighted by Gasteiger charge is -2.37. The molecule has 0 aliphatic carbocycles. The number of aryl methyl sites for hydroxylation is 1. The topological polar surface area (TPSA) is 58.4 Å². The van der Waals surface area contributed by atoms with Gasteiger partial charge in [-0.25, -0.2) is 0 Å². The number of hydrogen-bond acceptors (Lipinski definition) is 3. The van der Waals surface area contributed by atoms with E-state index in [1.807, 2.05) is 19.1 Å². The highest BCUT2D eigenvalue weighted by molar-refractivity contribution is 6.31. The lowest BCUT2D eigenvalue weighted by molar-refractivity contribution is -0.118. The zero-order chi connectivity index (χ0) is 15.4. The number of nitrogens with two attached hydrogens (primary N) is 1. The summed E-state index contributed by atoms with van der Waals surface area (Å²) in [6.07, 6.45) is 2.26. The van der Waals surface area contributed by atoms with Crippen LogP contribution in [0.1, 0.15) is 25.3 Å². The maximum absolute atomic E-state index is 12.2. The number of likely N-dealkylation sites (tertiary alicyclic amines) is 1. The highest BCUT2D eigenvalue weighted by Crippen LogP contribution is 2.22. The highest BCUT2D eigenvalue weighted by atomic mass is 35.5. The molecule has 2 rings (SSSR count). The first-order chi connectivity index (χ1) is 9.99. The number of piperidine rings is 1. The number of carbonyl (C=O) groups is 1. The quantitative estimate of drug-likeness (QED) is 0.899. The maximum atomic E-state index is 12.2. The first-order valence-electron chi connectivity index (χ1n) is 7.49. The SMILES string of the molecule is Cc1ccc(NC(=O)CN2CC(CN)CCC2C)cc1Cl. The van der Waals surface area contributed by atoms with E-state index in [-0.39, 0.29) is 5.91 Å². The third kappa shape index (κ3) is 4.43. The van der Waals surface area contributed by atoms with Crippen LogP contribution in [0.5, 0.6) is 0 Å². The molecule has 1 saturated heterocycles. The molecule has 2 unspecified atom stereocenters. The third-order valence-corrected chi connectivity index (χ3v) is 4.65. The smallest absolute Gasteiger partial charge is 0.238 e. The van der Waals surface area contributed by atoms with E-state index in [0.717, 1.165) is 30.6 Å². The zero-order valence-corrected chi connectivity index (χ0v) is 13.5. The van der Waals surface area contributed by atoms with Gasteiger partial charge in [-0.1, -0.05) is 17.7 Å². The van der Waals surface area contributed by atoms with Crippen molar-refractivity contribution in [2.75, 3.05) is 25.0 Å². The summed E-state index contributed by atoms with van der Waals surface area (Å²) in [6, 6.07) is 6.00. The van der Waals surface area contributed by atoms with Crippen LogP contribution in [0.15, 0.2) is 18.2 Å². The number of anilines is 1. The van der Waals surface area contributed by atoms with Crippen molar-refractivity contribution in [1.29, 1.82) is 0 Å². The Morgan fingerprint density at radius 1 is 1.48 bits per heavy atom. The Labute approximate surface area is 131 Å². The molecule has 1 heterocycles. The summed E-state index contributed by atoms with van der Waals surface area (Å²) in [4.78, 5) is 14.4. The number of amides is 1. The molecule has 21 heavy (non-hydrogen) atoms. The van der Waals surface area contributed by atoms with Gasteiger partial charge in [0.15, 0.2) is 0 Å². The fraction of sp³-hybridized carbons (Fsp3) is 0.562. The van der Waals surface area contributed by atoms with Gasteiger partial charge in [0.1, 0.15) is 0 Å². The minimum atomic E-state index is -0.000517. The molecule has 116 valence electrons. The van der Waals surface area contributed by atoms with E-state index in [1.165, 1.54) is 0 Å². The Bertz CT molecular complexity index is 506. The van der Waals surface area contributed by atoms with Gasteiger partial charge in [0.25, 0.3) is 0 Å². The number of hydrogen-bond donors (Lipinski definition) is 2. The highest BCUT2D eigenvalue weighted by Gasteiger charge is 2.26. The average molecular weight is 310 g/mol. The summed E-state index contributed by atoms with van der Waals surface area (Å²) in [6.45, 7) is 6.11. The van der Waals surface area contributed by atoms with Gasteiger partial charge in [0.2, 0.25) is 5.91 Å². The molecule has 5 heteroatoms. The number of nitrogens with zero attached hydrogens (tertiary/aromatic N) is 1. The van der Waals surface area contributed by atoms with Crippen molar-refractivity contribution in [1.82, 2.24) is 4.90 Å². The van der Waals surface area contributed by atoms with Crippen molar-refractivity contribution in [2.45, 2.75) is 32.7 Å².